The van der Waals surface area contributed by atoms with Crippen molar-refractivity contribution in [2.45, 2.75) is 13.3 Å². The molecule has 0 saturated carbocycles. The van der Waals surface area contributed by atoms with Crippen molar-refractivity contribution in [1.29, 1.82) is 0 Å². The van der Waals surface area contributed by atoms with Crippen LogP contribution >= 0.6 is 0 Å². The second-order valence-electron chi connectivity index (χ2n) is 4.55. The molecule has 0 aliphatic rings. The molecule has 0 aliphatic heterocycles. The third-order valence-electron chi connectivity index (χ3n) is 2.99. The maximum Gasteiger partial charge on any atom is 0.128 e. The Morgan fingerprint density at radius 2 is 1.62 bits per heavy atom. The first-order chi connectivity index (χ1) is 10.3. The molecule has 1 N–H and O–H groups in total. The van der Waals surface area contributed by atoms with Crippen LogP contribution in [0.15, 0.2) is 59.8 Å². The lowest BCUT2D eigenvalue weighted by molar-refractivity contribution is 0.247. The van der Waals surface area contributed by atoms with Gasteiger partial charge in [-0.3, -0.25) is 0 Å². The molecule has 0 fully saturated rings. The molecule has 4 nitrogen and oxygen atoms in total. The Kier molecular flexibility index (Phi) is 5.64. The summed E-state index contributed by atoms with van der Waals surface area (Å²) in [4.78, 5) is 0. The Hall–Kier alpha value is -2.49. The molecule has 0 bridgehead atoms. The summed E-state index contributed by atoms with van der Waals surface area (Å²) >= 11 is 0. The highest BCUT2D eigenvalue weighted by atomic mass is 16.5. The molecule has 0 spiro atoms. The topological polar surface area (TPSA) is 51.1 Å². The minimum atomic E-state index is 0.533. The summed E-state index contributed by atoms with van der Waals surface area (Å²) in [5.41, 5.74) is 1.33. The average Bonchev–Trinajstić information content (AvgIpc) is 2.55. The Labute approximate surface area is 124 Å². The fourth-order valence-corrected chi connectivity index (χ4v) is 1.89. The second kappa shape index (κ2) is 7.94. The highest BCUT2D eigenvalue weighted by molar-refractivity contribution is 6.00. The smallest absolute Gasteiger partial charge is 0.128 e. The first-order valence-electron chi connectivity index (χ1n) is 6.90. The van der Waals surface area contributed by atoms with Crippen LogP contribution < -0.4 is 9.47 Å². The zero-order valence-electron chi connectivity index (χ0n) is 12.0. The number of hydrogen-bond acceptors (Lipinski definition) is 4. The first-order valence-corrected chi connectivity index (χ1v) is 6.90. The van der Waals surface area contributed by atoms with Gasteiger partial charge in [-0.25, -0.2) is 0 Å². The van der Waals surface area contributed by atoms with Crippen LogP contribution in [0, 0.1) is 0 Å². The van der Waals surface area contributed by atoms with Gasteiger partial charge in [0.1, 0.15) is 11.5 Å². The fourth-order valence-electron chi connectivity index (χ4n) is 1.89. The summed E-state index contributed by atoms with van der Waals surface area (Å²) in [6.45, 7) is 2.88. The van der Waals surface area contributed by atoms with Gasteiger partial charge in [-0.1, -0.05) is 35.5 Å². The molecule has 2 rings (SSSR count). The average molecular weight is 285 g/mol. The number of ether oxygens (including phenoxy) is 2. The van der Waals surface area contributed by atoms with E-state index in [1.807, 2.05) is 54.6 Å². The lowest BCUT2D eigenvalue weighted by atomic mass is 10.1. The standard InChI is InChI=1S/C17H19NO3/c1-14(18-19)16-10-5-6-11-17(16)21-13-7-12-20-15-8-3-2-4-9-15/h2-6,8-11,19H,7,12-13H2,1H3. The van der Waals surface area contributed by atoms with Crippen LogP contribution in [0.25, 0.3) is 0 Å². The van der Waals surface area contributed by atoms with Gasteiger partial charge in [-0.15, -0.1) is 0 Å². The molecule has 0 aliphatic carbocycles. The molecule has 21 heavy (non-hydrogen) atoms. The molecule has 0 heterocycles. The Morgan fingerprint density at radius 3 is 2.38 bits per heavy atom. The molecule has 0 saturated heterocycles. The van der Waals surface area contributed by atoms with Crippen molar-refractivity contribution in [2.75, 3.05) is 13.2 Å². The zero-order chi connectivity index (χ0) is 14.9. The summed E-state index contributed by atoms with van der Waals surface area (Å²) < 4.78 is 11.3. The van der Waals surface area contributed by atoms with E-state index in [2.05, 4.69) is 5.16 Å². The Morgan fingerprint density at radius 1 is 0.952 bits per heavy atom. The number of nitrogens with zero attached hydrogens (tertiary/aromatic N) is 1. The normalized spacial score (nSPS) is 11.2. The largest absolute Gasteiger partial charge is 0.493 e. The van der Waals surface area contributed by atoms with Crippen LogP contribution in [0.3, 0.4) is 0 Å². The quantitative estimate of drug-likeness (QED) is 0.365. The molecule has 0 radical (unpaired) electrons. The van der Waals surface area contributed by atoms with Crippen molar-refractivity contribution in [3.05, 3.63) is 60.2 Å². The predicted octanol–water partition coefficient (Wildman–Crippen LogP) is 3.73. The van der Waals surface area contributed by atoms with Crippen LogP contribution in [0.5, 0.6) is 11.5 Å². The van der Waals surface area contributed by atoms with Crippen molar-refractivity contribution in [2.24, 2.45) is 5.16 Å². The third-order valence-corrected chi connectivity index (χ3v) is 2.99. The molecular formula is C17H19NO3. The fraction of sp³-hybridized carbons (Fsp3) is 0.235. The lowest BCUT2D eigenvalue weighted by Gasteiger charge is -2.11. The van der Waals surface area contributed by atoms with E-state index in [0.717, 1.165) is 17.7 Å². The van der Waals surface area contributed by atoms with Crippen LogP contribution in [0.4, 0.5) is 0 Å². The summed E-state index contributed by atoms with van der Waals surface area (Å²) in [7, 11) is 0. The van der Waals surface area contributed by atoms with Crippen LogP contribution in [0.1, 0.15) is 18.9 Å². The highest BCUT2D eigenvalue weighted by Gasteiger charge is 2.06. The number of para-hydroxylation sites is 2. The van der Waals surface area contributed by atoms with E-state index in [4.69, 9.17) is 14.7 Å². The van der Waals surface area contributed by atoms with Crippen LogP contribution in [-0.2, 0) is 0 Å². The van der Waals surface area contributed by atoms with Crippen molar-refractivity contribution >= 4 is 5.71 Å². The first kappa shape index (κ1) is 14.9. The summed E-state index contributed by atoms with van der Waals surface area (Å²) in [6, 6.07) is 17.2. The number of rotatable bonds is 7. The molecule has 0 unspecified atom stereocenters. The van der Waals surface area contributed by atoms with E-state index < -0.39 is 0 Å². The molecular weight excluding hydrogens is 266 g/mol. The maximum absolute atomic E-state index is 8.86. The lowest BCUT2D eigenvalue weighted by Crippen LogP contribution is -2.07. The van der Waals surface area contributed by atoms with Gasteiger partial charge in [0.25, 0.3) is 0 Å². The summed E-state index contributed by atoms with van der Waals surface area (Å²) in [5.74, 6) is 1.58. The van der Waals surface area contributed by atoms with Gasteiger partial charge in [0, 0.05) is 12.0 Å². The van der Waals surface area contributed by atoms with Crippen molar-refractivity contribution < 1.29 is 14.7 Å². The van der Waals surface area contributed by atoms with Gasteiger partial charge in [-0.05, 0) is 31.2 Å². The highest BCUT2D eigenvalue weighted by Crippen LogP contribution is 2.19. The Balaban J connectivity index is 1.79. The monoisotopic (exact) mass is 285 g/mol. The van der Waals surface area contributed by atoms with E-state index in [1.54, 1.807) is 6.92 Å². The van der Waals surface area contributed by atoms with Crippen molar-refractivity contribution in [3.63, 3.8) is 0 Å². The maximum atomic E-state index is 8.86. The predicted molar refractivity (Wildman–Crippen MR) is 82.5 cm³/mol. The number of hydrogen-bond donors (Lipinski definition) is 1. The molecule has 2 aromatic rings. The minimum absolute atomic E-state index is 0.533. The number of benzene rings is 2. The van der Waals surface area contributed by atoms with Crippen molar-refractivity contribution in [3.8, 4) is 11.5 Å². The zero-order valence-corrected chi connectivity index (χ0v) is 12.0. The molecule has 2 aromatic carbocycles. The molecule has 4 heteroatoms. The molecule has 0 atom stereocenters. The van der Waals surface area contributed by atoms with E-state index in [0.29, 0.717) is 24.7 Å². The van der Waals surface area contributed by atoms with Crippen LogP contribution in [-0.4, -0.2) is 24.1 Å². The van der Waals surface area contributed by atoms with Gasteiger partial charge in [0.2, 0.25) is 0 Å². The Bertz CT molecular complexity index is 582. The van der Waals surface area contributed by atoms with Crippen LogP contribution in [0.2, 0.25) is 0 Å². The third kappa shape index (κ3) is 4.53. The van der Waals surface area contributed by atoms with E-state index in [-0.39, 0.29) is 0 Å². The minimum Gasteiger partial charge on any atom is -0.493 e. The van der Waals surface area contributed by atoms with Crippen molar-refractivity contribution in [1.82, 2.24) is 0 Å². The molecule has 110 valence electrons. The van der Waals surface area contributed by atoms with Gasteiger partial charge in [-0.2, -0.15) is 0 Å². The summed E-state index contributed by atoms with van der Waals surface area (Å²) in [5, 5.41) is 12.1. The van der Waals surface area contributed by atoms with Gasteiger partial charge in [0.05, 0.1) is 18.9 Å². The second-order valence-corrected chi connectivity index (χ2v) is 4.55. The van der Waals surface area contributed by atoms with E-state index in [9.17, 15) is 0 Å². The molecule has 0 aromatic heterocycles. The molecule has 0 amide bonds. The van der Waals surface area contributed by atoms with Gasteiger partial charge in [0.15, 0.2) is 0 Å². The SMILES string of the molecule is CC(=NO)c1ccccc1OCCCOc1ccccc1. The summed E-state index contributed by atoms with van der Waals surface area (Å²) in [6.07, 6.45) is 0.776. The number of oxime groups is 1. The van der Waals surface area contributed by atoms with Gasteiger partial charge >= 0.3 is 0 Å². The van der Waals surface area contributed by atoms with E-state index >= 15 is 0 Å². The van der Waals surface area contributed by atoms with E-state index in [1.165, 1.54) is 0 Å². The van der Waals surface area contributed by atoms with Gasteiger partial charge < -0.3 is 14.7 Å².